The van der Waals surface area contributed by atoms with E-state index in [4.69, 9.17) is 4.74 Å². The Balaban J connectivity index is 1.98. The zero-order valence-corrected chi connectivity index (χ0v) is 12.7. The van der Waals surface area contributed by atoms with Gasteiger partial charge in [-0.1, -0.05) is 12.1 Å². The summed E-state index contributed by atoms with van der Waals surface area (Å²) >= 11 is 0. The molecule has 1 saturated heterocycles. The average molecular weight is 290 g/mol. The van der Waals surface area contributed by atoms with E-state index in [9.17, 15) is 9.59 Å². The van der Waals surface area contributed by atoms with Gasteiger partial charge in [-0.05, 0) is 24.1 Å². The minimum atomic E-state index is -0.310. The quantitative estimate of drug-likeness (QED) is 0.792. The second-order valence-corrected chi connectivity index (χ2v) is 5.33. The van der Waals surface area contributed by atoms with Gasteiger partial charge < -0.3 is 9.64 Å². The van der Waals surface area contributed by atoms with Gasteiger partial charge in [-0.25, -0.2) is 4.79 Å². The Kier molecular flexibility index (Phi) is 5.33. The number of ether oxygens (including phenoxy) is 1. The van der Waals surface area contributed by atoms with Gasteiger partial charge >= 0.3 is 5.97 Å². The molecule has 114 valence electrons. The number of methoxy groups -OCH3 is 1. The summed E-state index contributed by atoms with van der Waals surface area (Å²) in [7, 11) is 1.39. The van der Waals surface area contributed by atoms with Crippen molar-refractivity contribution in [2.75, 3.05) is 33.3 Å². The highest BCUT2D eigenvalue weighted by atomic mass is 16.5. The van der Waals surface area contributed by atoms with Crippen LogP contribution in [0.25, 0.3) is 0 Å². The Hall–Kier alpha value is -1.88. The fourth-order valence-corrected chi connectivity index (χ4v) is 2.62. The molecule has 0 N–H and O–H groups in total. The maximum Gasteiger partial charge on any atom is 0.337 e. The van der Waals surface area contributed by atoms with Crippen molar-refractivity contribution in [1.82, 2.24) is 9.80 Å². The standard InChI is InChI=1S/C16H22N2O3/c1-13(19)18-8-4-7-17(9-10-18)12-14-5-3-6-15(11-14)16(20)21-2/h3,5-6,11H,4,7-10,12H2,1-2H3. The molecule has 1 fully saturated rings. The van der Waals surface area contributed by atoms with E-state index in [1.165, 1.54) is 7.11 Å². The van der Waals surface area contributed by atoms with Crippen molar-refractivity contribution in [2.24, 2.45) is 0 Å². The molecule has 0 saturated carbocycles. The average Bonchev–Trinajstić information content (AvgIpc) is 2.72. The summed E-state index contributed by atoms with van der Waals surface area (Å²) in [5.74, 6) is -0.167. The lowest BCUT2D eigenvalue weighted by molar-refractivity contribution is -0.128. The van der Waals surface area contributed by atoms with Gasteiger partial charge in [0.25, 0.3) is 0 Å². The van der Waals surface area contributed by atoms with Crippen LogP contribution >= 0.6 is 0 Å². The van der Waals surface area contributed by atoms with Crippen LogP contribution in [0.1, 0.15) is 29.3 Å². The topological polar surface area (TPSA) is 49.9 Å². The third kappa shape index (κ3) is 4.29. The Morgan fingerprint density at radius 3 is 2.71 bits per heavy atom. The minimum absolute atomic E-state index is 0.143. The summed E-state index contributed by atoms with van der Waals surface area (Å²) in [5, 5.41) is 0. The third-order valence-corrected chi connectivity index (χ3v) is 3.79. The number of hydrogen-bond donors (Lipinski definition) is 0. The molecule has 0 spiro atoms. The van der Waals surface area contributed by atoms with Crippen molar-refractivity contribution < 1.29 is 14.3 Å². The normalized spacial score (nSPS) is 16.4. The molecule has 0 atom stereocenters. The van der Waals surface area contributed by atoms with Crippen molar-refractivity contribution in [1.29, 1.82) is 0 Å². The van der Waals surface area contributed by atoms with Gasteiger partial charge in [0, 0.05) is 39.6 Å². The Bertz CT molecular complexity index is 516. The fraction of sp³-hybridized carbons (Fsp3) is 0.500. The van der Waals surface area contributed by atoms with Crippen LogP contribution in [0, 0.1) is 0 Å². The van der Waals surface area contributed by atoms with Crippen LogP contribution in [0.4, 0.5) is 0 Å². The minimum Gasteiger partial charge on any atom is -0.465 e. The molecule has 0 radical (unpaired) electrons. The molecule has 1 amide bonds. The maximum absolute atomic E-state index is 11.6. The smallest absolute Gasteiger partial charge is 0.337 e. The number of rotatable bonds is 3. The van der Waals surface area contributed by atoms with Crippen LogP contribution in [-0.2, 0) is 16.1 Å². The first-order chi connectivity index (χ1) is 10.1. The summed E-state index contributed by atoms with van der Waals surface area (Å²) in [6, 6.07) is 7.52. The number of benzene rings is 1. The lowest BCUT2D eigenvalue weighted by Gasteiger charge is -2.21. The van der Waals surface area contributed by atoms with Gasteiger partial charge in [0.1, 0.15) is 0 Å². The molecule has 1 aromatic carbocycles. The molecule has 21 heavy (non-hydrogen) atoms. The number of carbonyl (C=O) groups excluding carboxylic acids is 2. The highest BCUT2D eigenvalue weighted by molar-refractivity contribution is 5.89. The number of esters is 1. The SMILES string of the molecule is COC(=O)c1cccc(CN2CCCN(C(C)=O)CC2)c1. The molecule has 1 aromatic rings. The first kappa shape index (κ1) is 15.5. The zero-order chi connectivity index (χ0) is 15.2. The molecule has 0 bridgehead atoms. The van der Waals surface area contributed by atoms with E-state index in [-0.39, 0.29) is 11.9 Å². The van der Waals surface area contributed by atoms with Crippen molar-refractivity contribution in [3.63, 3.8) is 0 Å². The van der Waals surface area contributed by atoms with Gasteiger partial charge in [0.15, 0.2) is 0 Å². The number of hydrogen-bond acceptors (Lipinski definition) is 4. The van der Waals surface area contributed by atoms with Crippen molar-refractivity contribution in [3.8, 4) is 0 Å². The van der Waals surface area contributed by atoms with Crippen molar-refractivity contribution >= 4 is 11.9 Å². The van der Waals surface area contributed by atoms with Gasteiger partial charge in [0.05, 0.1) is 12.7 Å². The molecule has 0 aliphatic carbocycles. The Labute approximate surface area is 125 Å². The molecule has 1 heterocycles. The zero-order valence-electron chi connectivity index (χ0n) is 12.7. The third-order valence-electron chi connectivity index (χ3n) is 3.79. The van der Waals surface area contributed by atoms with E-state index in [1.54, 1.807) is 13.0 Å². The van der Waals surface area contributed by atoms with Gasteiger partial charge in [-0.3, -0.25) is 9.69 Å². The van der Waals surface area contributed by atoms with Crippen LogP contribution in [-0.4, -0.2) is 55.0 Å². The van der Waals surface area contributed by atoms with E-state index in [0.717, 1.165) is 44.7 Å². The van der Waals surface area contributed by atoms with Crippen molar-refractivity contribution in [3.05, 3.63) is 35.4 Å². The van der Waals surface area contributed by atoms with Crippen LogP contribution < -0.4 is 0 Å². The molecule has 0 aromatic heterocycles. The van der Waals surface area contributed by atoms with E-state index in [1.807, 2.05) is 23.1 Å². The molecule has 5 nitrogen and oxygen atoms in total. The lowest BCUT2D eigenvalue weighted by atomic mass is 10.1. The van der Waals surface area contributed by atoms with Crippen molar-refractivity contribution in [2.45, 2.75) is 19.9 Å². The van der Waals surface area contributed by atoms with E-state index in [0.29, 0.717) is 5.56 Å². The molecule has 0 unspecified atom stereocenters. The number of carbonyl (C=O) groups is 2. The summed E-state index contributed by atoms with van der Waals surface area (Å²) < 4.78 is 4.74. The Morgan fingerprint density at radius 2 is 2.00 bits per heavy atom. The highest BCUT2D eigenvalue weighted by Gasteiger charge is 2.16. The van der Waals surface area contributed by atoms with E-state index >= 15 is 0 Å². The summed E-state index contributed by atoms with van der Waals surface area (Å²) in [6.07, 6.45) is 0.982. The number of nitrogens with zero attached hydrogens (tertiary/aromatic N) is 2. The monoisotopic (exact) mass is 290 g/mol. The molecule has 5 heteroatoms. The first-order valence-electron chi connectivity index (χ1n) is 7.25. The van der Waals surface area contributed by atoms with Crippen LogP contribution in [0.15, 0.2) is 24.3 Å². The van der Waals surface area contributed by atoms with Gasteiger partial charge in [0.2, 0.25) is 5.91 Å². The highest BCUT2D eigenvalue weighted by Crippen LogP contribution is 2.12. The van der Waals surface area contributed by atoms with Crippen LogP contribution in [0.2, 0.25) is 0 Å². The molecule has 1 aliphatic heterocycles. The molecule has 1 aliphatic rings. The molecular weight excluding hydrogens is 268 g/mol. The summed E-state index contributed by atoms with van der Waals surface area (Å²) in [6.45, 7) is 5.83. The Morgan fingerprint density at radius 1 is 1.19 bits per heavy atom. The van der Waals surface area contributed by atoms with Gasteiger partial charge in [-0.2, -0.15) is 0 Å². The number of amides is 1. The predicted octanol–water partition coefficient (Wildman–Crippen LogP) is 1.53. The van der Waals surface area contributed by atoms with Crippen LogP contribution in [0.3, 0.4) is 0 Å². The molecular formula is C16H22N2O3. The first-order valence-corrected chi connectivity index (χ1v) is 7.25. The van der Waals surface area contributed by atoms with Crippen LogP contribution in [0.5, 0.6) is 0 Å². The largest absolute Gasteiger partial charge is 0.465 e. The van der Waals surface area contributed by atoms with Gasteiger partial charge in [-0.15, -0.1) is 0 Å². The maximum atomic E-state index is 11.6. The second kappa shape index (κ2) is 7.22. The molecule has 2 rings (SSSR count). The second-order valence-electron chi connectivity index (χ2n) is 5.33. The fourth-order valence-electron chi connectivity index (χ4n) is 2.62. The van der Waals surface area contributed by atoms with E-state index < -0.39 is 0 Å². The lowest BCUT2D eigenvalue weighted by Crippen LogP contribution is -2.33. The van der Waals surface area contributed by atoms with E-state index in [2.05, 4.69) is 4.90 Å². The summed E-state index contributed by atoms with van der Waals surface area (Å²) in [4.78, 5) is 27.2. The predicted molar refractivity (Wildman–Crippen MR) is 79.9 cm³/mol. The summed E-state index contributed by atoms with van der Waals surface area (Å²) in [5.41, 5.74) is 1.67.